The largest absolute Gasteiger partial charge is 0.444 e. The van der Waals surface area contributed by atoms with Crippen LogP contribution in [0.3, 0.4) is 0 Å². The van der Waals surface area contributed by atoms with Crippen LogP contribution in [-0.4, -0.2) is 64.4 Å². The highest BCUT2D eigenvalue weighted by molar-refractivity contribution is 7.16. The number of aryl methyl sites for hydroxylation is 2. The fourth-order valence-corrected chi connectivity index (χ4v) is 7.46. The number of fused-ring (bicyclic) bond motifs is 1. The fourth-order valence-electron chi connectivity index (χ4n) is 6.60. The quantitative estimate of drug-likeness (QED) is 0.228. The van der Waals surface area contributed by atoms with E-state index in [4.69, 9.17) is 14.8 Å². The Hall–Kier alpha value is -4.17. The third kappa shape index (κ3) is 5.96. The van der Waals surface area contributed by atoms with Crippen molar-refractivity contribution in [3.05, 3.63) is 58.5 Å². The van der Waals surface area contributed by atoms with Gasteiger partial charge in [0, 0.05) is 50.2 Å². The molecule has 1 spiro atoms. The van der Waals surface area contributed by atoms with E-state index in [1.54, 1.807) is 12.1 Å². The number of benzene rings is 1. The van der Waals surface area contributed by atoms with E-state index in [0.29, 0.717) is 21.3 Å². The number of aromatic nitrogens is 3. The molecule has 2 saturated heterocycles. The number of piperidine rings is 1. The minimum absolute atomic E-state index is 0.134. The van der Waals surface area contributed by atoms with E-state index in [9.17, 15) is 14.4 Å². The number of hydrogen-bond acceptors (Lipinski definition) is 8. The summed E-state index contributed by atoms with van der Waals surface area (Å²) in [6.07, 6.45) is 3.57. The van der Waals surface area contributed by atoms with Crippen molar-refractivity contribution in [1.82, 2.24) is 19.5 Å². The highest BCUT2D eigenvalue weighted by atomic mass is 32.1. The summed E-state index contributed by atoms with van der Waals surface area (Å²) in [5, 5.41) is 15.5. The third-order valence-electron chi connectivity index (χ3n) is 9.01. The van der Waals surface area contributed by atoms with Crippen LogP contribution >= 0.6 is 11.3 Å². The zero-order chi connectivity index (χ0) is 32.1. The van der Waals surface area contributed by atoms with Gasteiger partial charge >= 0.3 is 6.09 Å². The van der Waals surface area contributed by atoms with Crippen molar-refractivity contribution >= 4 is 39.5 Å². The number of thiazole rings is 1. The predicted octanol–water partition coefficient (Wildman–Crippen LogP) is 7.33. The van der Waals surface area contributed by atoms with Gasteiger partial charge in [-0.15, -0.1) is 0 Å². The van der Waals surface area contributed by atoms with Crippen molar-refractivity contribution in [2.24, 2.45) is 5.41 Å². The minimum atomic E-state index is -0.493. The molecular formula is C34H40FN7O2S. The van der Waals surface area contributed by atoms with Crippen molar-refractivity contribution in [2.45, 2.75) is 65.9 Å². The van der Waals surface area contributed by atoms with Gasteiger partial charge in [0.25, 0.3) is 0 Å². The average Bonchev–Trinajstić information content (AvgIpc) is 3.72. The lowest BCUT2D eigenvalue weighted by Crippen LogP contribution is -2.43. The molecule has 0 radical (unpaired) electrons. The Morgan fingerprint density at radius 3 is 2.49 bits per heavy atom. The Balaban J connectivity index is 1.26. The molecule has 2 fully saturated rings. The van der Waals surface area contributed by atoms with Crippen LogP contribution in [0.25, 0.3) is 16.8 Å². The Morgan fingerprint density at radius 1 is 1.16 bits per heavy atom. The first-order valence-corrected chi connectivity index (χ1v) is 16.4. The van der Waals surface area contributed by atoms with Crippen molar-refractivity contribution < 1.29 is 13.9 Å². The maximum atomic E-state index is 13.6. The van der Waals surface area contributed by atoms with Crippen molar-refractivity contribution in [3.8, 4) is 17.3 Å². The van der Waals surface area contributed by atoms with Crippen molar-refractivity contribution in [3.63, 3.8) is 0 Å². The minimum Gasteiger partial charge on any atom is -0.444 e. The molecule has 3 aromatic heterocycles. The van der Waals surface area contributed by atoms with Gasteiger partial charge in [0.05, 0.1) is 16.9 Å². The van der Waals surface area contributed by atoms with Gasteiger partial charge in [-0.2, -0.15) is 10.4 Å². The molecule has 6 rings (SSSR count). The van der Waals surface area contributed by atoms with E-state index in [0.717, 1.165) is 80.1 Å². The number of halogens is 1. The van der Waals surface area contributed by atoms with E-state index < -0.39 is 5.60 Å². The summed E-state index contributed by atoms with van der Waals surface area (Å²) in [4.78, 5) is 24.4. The molecule has 2 aliphatic rings. The third-order valence-corrected chi connectivity index (χ3v) is 10.0. The molecule has 1 aromatic carbocycles. The maximum Gasteiger partial charge on any atom is 0.410 e. The van der Waals surface area contributed by atoms with Crippen LogP contribution in [0.15, 0.2) is 36.4 Å². The van der Waals surface area contributed by atoms with Crippen LogP contribution in [0.2, 0.25) is 0 Å². The van der Waals surface area contributed by atoms with Crippen LogP contribution in [0.4, 0.5) is 25.7 Å². The number of carbonyl (C=O) groups excluding carboxylic acids is 1. The molecule has 0 unspecified atom stereocenters. The zero-order valence-electron chi connectivity index (χ0n) is 26.9. The lowest BCUT2D eigenvalue weighted by molar-refractivity contribution is 0.0266. The molecule has 0 saturated carbocycles. The van der Waals surface area contributed by atoms with E-state index in [1.807, 2.05) is 42.1 Å². The number of carbonyl (C=O) groups is 1. The molecule has 0 atom stereocenters. The zero-order valence-corrected chi connectivity index (χ0v) is 27.7. The molecule has 5 heterocycles. The SMILES string of the molecule is CCc1nn2c(C)cc(N3CCC4(CCN(C(=O)OC(C)(C)C)C4)CC3)cc2c1N(C)c1nc(-c2ccc(F)cc2)c(C#N)s1. The molecule has 11 heteroatoms. The molecule has 45 heavy (non-hydrogen) atoms. The van der Waals surface area contributed by atoms with Crippen LogP contribution in [0, 0.1) is 29.5 Å². The molecule has 0 bridgehead atoms. The van der Waals surface area contributed by atoms with E-state index in [2.05, 4.69) is 36.9 Å². The second-order valence-electron chi connectivity index (χ2n) is 13.3. The van der Waals surface area contributed by atoms with Gasteiger partial charge in [-0.05, 0) is 95.2 Å². The molecule has 9 nitrogen and oxygen atoms in total. The summed E-state index contributed by atoms with van der Waals surface area (Å²) in [7, 11) is 1.97. The van der Waals surface area contributed by atoms with Crippen molar-refractivity contribution in [2.75, 3.05) is 43.0 Å². The number of hydrogen-bond donors (Lipinski definition) is 0. The summed E-state index contributed by atoms with van der Waals surface area (Å²) >= 11 is 1.32. The molecule has 0 N–H and O–H groups in total. The predicted molar refractivity (Wildman–Crippen MR) is 176 cm³/mol. The van der Waals surface area contributed by atoms with E-state index >= 15 is 0 Å². The summed E-state index contributed by atoms with van der Waals surface area (Å²) in [6, 6.07) is 12.8. The lowest BCUT2D eigenvalue weighted by atomic mass is 9.77. The summed E-state index contributed by atoms with van der Waals surface area (Å²) in [5.74, 6) is -0.329. The average molecular weight is 630 g/mol. The number of nitriles is 1. The van der Waals surface area contributed by atoms with E-state index in [-0.39, 0.29) is 17.3 Å². The number of likely N-dealkylation sites (tertiary alicyclic amines) is 1. The Bertz CT molecular complexity index is 1780. The van der Waals surface area contributed by atoms with Crippen LogP contribution in [-0.2, 0) is 11.2 Å². The van der Waals surface area contributed by atoms with Gasteiger partial charge in [0.2, 0.25) is 0 Å². The van der Waals surface area contributed by atoms with Crippen LogP contribution in [0.5, 0.6) is 0 Å². The van der Waals surface area contributed by atoms with Crippen molar-refractivity contribution in [1.29, 1.82) is 5.26 Å². The number of pyridine rings is 1. The van der Waals surface area contributed by atoms with Gasteiger partial charge in [0.1, 0.15) is 28.1 Å². The van der Waals surface area contributed by atoms with Crippen LogP contribution < -0.4 is 9.80 Å². The molecule has 1 amide bonds. The lowest BCUT2D eigenvalue weighted by Gasteiger charge is -2.40. The maximum absolute atomic E-state index is 13.6. The number of nitrogens with zero attached hydrogens (tertiary/aromatic N) is 7. The topological polar surface area (TPSA) is 90.0 Å². The molecule has 0 aliphatic carbocycles. The molecule has 2 aliphatic heterocycles. The molecule has 4 aromatic rings. The second kappa shape index (κ2) is 11.6. The summed E-state index contributed by atoms with van der Waals surface area (Å²) in [6.45, 7) is 13.2. The normalized spacial score (nSPS) is 16.4. The monoisotopic (exact) mass is 629 g/mol. The second-order valence-corrected chi connectivity index (χ2v) is 14.3. The van der Waals surface area contributed by atoms with Gasteiger partial charge in [-0.3, -0.25) is 0 Å². The van der Waals surface area contributed by atoms with Gasteiger partial charge in [-0.1, -0.05) is 18.3 Å². The number of anilines is 3. The first-order valence-electron chi connectivity index (χ1n) is 15.6. The smallest absolute Gasteiger partial charge is 0.410 e. The first-order chi connectivity index (χ1) is 21.4. The summed E-state index contributed by atoms with van der Waals surface area (Å²) < 4.78 is 21.2. The highest BCUT2D eigenvalue weighted by Crippen LogP contribution is 2.43. The Kier molecular flexibility index (Phi) is 7.98. The summed E-state index contributed by atoms with van der Waals surface area (Å²) in [5.41, 5.74) is 5.98. The first kappa shape index (κ1) is 30.8. The Morgan fingerprint density at radius 2 is 1.84 bits per heavy atom. The van der Waals surface area contributed by atoms with Crippen LogP contribution in [0.1, 0.15) is 63.2 Å². The Labute approximate surface area is 267 Å². The number of amides is 1. The number of ether oxygens (including phenoxy) is 1. The highest BCUT2D eigenvalue weighted by Gasteiger charge is 2.43. The van der Waals surface area contributed by atoms with Gasteiger partial charge in [-0.25, -0.2) is 18.7 Å². The molecular weight excluding hydrogens is 589 g/mol. The standard InChI is InChI=1S/C34H40FN7O2S/c1-7-26-30(39(6)31-37-29(28(20-36)45-31)23-8-10-24(35)11-9-23)27-19-25(18-22(2)42(27)38-26)40-15-12-34(13-16-40)14-17-41(21-34)32(43)44-33(3,4)5/h8-11,18-19H,7,12-17,21H2,1-6H3. The molecule has 236 valence electrons. The van der Waals surface area contributed by atoms with E-state index in [1.165, 1.54) is 23.5 Å². The number of rotatable bonds is 5. The fraction of sp³-hybridized carbons (Fsp3) is 0.471. The van der Waals surface area contributed by atoms with Gasteiger partial charge in [0.15, 0.2) is 5.13 Å². The van der Waals surface area contributed by atoms with Gasteiger partial charge < -0.3 is 19.4 Å².